The van der Waals surface area contributed by atoms with Crippen molar-refractivity contribution in [1.82, 2.24) is 9.97 Å². The Balaban J connectivity index is 2.73. The normalized spacial score (nSPS) is 10.4. The van der Waals surface area contributed by atoms with Crippen LogP contribution in [0.4, 0.5) is 5.82 Å². The van der Waals surface area contributed by atoms with Gasteiger partial charge in [0.1, 0.15) is 17.2 Å². The molecule has 0 fully saturated rings. The van der Waals surface area contributed by atoms with Crippen LogP contribution in [0.3, 0.4) is 0 Å². The molecule has 0 N–H and O–H groups in total. The predicted molar refractivity (Wildman–Crippen MR) is 71.7 cm³/mol. The second-order valence-electron chi connectivity index (χ2n) is 3.45. The monoisotopic (exact) mass is 259 g/mol. The van der Waals surface area contributed by atoms with Crippen LogP contribution in [0.25, 0.3) is 0 Å². The first kappa shape index (κ1) is 13.6. The highest BCUT2D eigenvalue weighted by Crippen LogP contribution is 2.17. The maximum atomic E-state index is 5.81. The molecule has 0 saturated heterocycles. The summed E-state index contributed by atoms with van der Waals surface area (Å²) in [4.78, 5) is 10.7. The van der Waals surface area contributed by atoms with Crippen LogP contribution >= 0.6 is 23.4 Å². The standard InChI is InChI=1S/C11H18ClN3S/c1-3-4-6-15(7-5-12)10-8-11(16-2)14-9-13-10/h8-9H,3-7H2,1-2H3. The first-order valence-corrected chi connectivity index (χ1v) is 7.24. The lowest BCUT2D eigenvalue weighted by Gasteiger charge is -2.22. The minimum atomic E-state index is 0.627. The highest BCUT2D eigenvalue weighted by atomic mass is 35.5. The summed E-state index contributed by atoms with van der Waals surface area (Å²) in [5, 5.41) is 1.00. The van der Waals surface area contributed by atoms with Crippen molar-refractivity contribution in [3.8, 4) is 0 Å². The number of hydrogen-bond acceptors (Lipinski definition) is 4. The van der Waals surface area contributed by atoms with E-state index in [1.165, 1.54) is 6.42 Å². The highest BCUT2D eigenvalue weighted by Gasteiger charge is 2.07. The average Bonchev–Trinajstić information content (AvgIpc) is 2.34. The first-order valence-electron chi connectivity index (χ1n) is 5.48. The van der Waals surface area contributed by atoms with Crippen molar-refractivity contribution in [1.29, 1.82) is 0 Å². The number of rotatable bonds is 7. The molecule has 16 heavy (non-hydrogen) atoms. The molecule has 0 aliphatic rings. The molecule has 0 radical (unpaired) electrons. The number of anilines is 1. The van der Waals surface area contributed by atoms with Crippen molar-refractivity contribution in [2.24, 2.45) is 0 Å². The molecule has 1 aromatic rings. The largest absolute Gasteiger partial charge is 0.355 e. The summed E-state index contributed by atoms with van der Waals surface area (Å²) in [5.74, 6) is 1.61. The van der Waals surface area contributed by atoms with Crippen molar-refractivity contribution in [2.45, 2.75) is 24.8 Å². The van der Waals surface area contributed by atoms with E-state index in [-0.39, 0.29) is 0 Å². The molecule has 90 valence electrons. The lowest BCUT2D eigenvalue weighted by atomic mass is 10.3. The third-order valence-electron chi connectivity index (χ3n) is 2.30. The number of hydrogen-bond donors (Lipinski definition) is 0. The molecule has 1 heterocycles. The van der Waals surface area contributed by atoms with Crippen LogP contribution in [-0.4, -0.2) is 35.2 Å². The van der Waals surface area contributed by atoms with Crippen LogP contribution in [0.5, 0.6) is 0 Å². The van der Waals surface area contributed by atoms with Crippen LogP contribution in [0.15, 0.2) is 17.4 Å². The Bertz CT molecular complexity index is 309. The van der Waals surface area contributed by atoms with E-state index in [9.17, 15) is 0 Å². The molecular formula is C11H18ClN3S. The minimum Gasteiger partial charge on any atom is -0.355 e. The summed E-state index contributed by atoms with van der Waals surface area (Å²) in [6.45, 7) is 4.03. The van der Waals surface area contributed by atoms with E-state index in [1.807, 2.05) is 12.3 Å². The summed E-state index contributed by atoms with van der Waals surface area (Å²) < 4.78 is 0. The number of alkyl halides is 1. The van der Waals surface area contributed by atoms with E-state index in [1.54, 1.807) is 18.1 Å². The topological polar surface area (TPSA) is 29.0 Å². The second kappa shape index (κ2) is 7.74. The van der Waals surface area contributed by atoms with E-state index >= 15 is 0 Å². The molecule has 0 aliphatic carbocycles. The number of halogens is 1. The van der Waals surface area contributed by atoms with E-state index < -0.39 is 0 Å². The Morgan fingerprint density at radius 2 is 2.19 bits per heavy atom. The van der Waals surface area contributed by atoms with Gasteiger partial charge in [0.2, 0.25) is 0 Å². The summed E-state index contributed by atoms with van der Waals surface area (Å²) >= 11 is 7.44. The minimum absolute atomic E-state index is 0.627. The van der Waals surface area contributed by atoms with Crippen molar-refractivity contribution in [3.63, 3.8) is 0 Å². The molecule has 0 unspecified atom stereocenters. The van der Waals surface area contributed by atoms with Crippen LogP contribution in [0.1, 0.15) is 19.8 Å². The number of nitrogens with zero attached hydrogens (tertiary/aromatic N) is 3. The molecule has 5 heteroatoms. The fraction of sp³-hybridized carbons (Fsp3) is 0.636. The third kappa shape index (κ3) is 4.18. The first-order chi connectivity index (χ1) is 7.81. The van der Waals surface area contributed by atoms with Gasteiger partial charge in [0.15, 0.2) is 0 Å². The van der Waals surface area contributed by atoms with Crippen molar-refractivity contribution in [3.05, 3.63) is 12.4 Å². The van der Waals surface area contributed by atoms with Gasteiger partial charge in [-0.25, -0.2) is 9.97 Å². The van der Waals surface area contributed by atoms with E-state index in [0.29, 0.717) is 5.88 Å². The summed E-state index contributed by atoms with van der Waals surface area (Å²) in [7, 11) is 0. The molecule has 0 aromatic carbocycles. The SMILES string of the molecule is CCCCN(CCCl)c1cc(SC)ncn1. The summed E-state index contributed by atoms with van der Waals surface area (Å²) in [6.07, 6.45) is 5.98. The quantitative estimate of drug-likeness (QED) is 0.428. The molecule has 0 saturated carbocycles. The van der Waals surface area contributed by atoms with Crippen molar-refractivity contribution >= 4 is 29.2 Å². The van der Waals surface area contributed by atoms with E-state index in [2.05, 4.69) is 21.8 Å². The second-order valence-corrected chi connectivity index (χ2v) is 4.65. The van der Waals surface area contributed by atoms with Crippen LogP contribution in [0, 0.1) is 0 Å². The van der Waals surface area contributed by atoms with Gasteiger partial charge in [-0.3, -0.25) is 0 Å². The predicted octanol–water partition coefficient (Wildman–Crippen LogP) is 3.04. The summed E-state index contributed by atoms with van der Waals surface area (Å²) in [6, 6.07) is 2.02. The van der Waals surface area contributed by atoms with E-state index in [4.69, 9.17) is 11.6 Å². The molecular weight excluding hydrogens is 242 g/mol. The Kier molecular flexibility index (Phi) is 6.57. The number of unbranched alkanes of at least 4 members (excludes halogenated alkanes) is 1. The third-order valence-corrected chi connectivity index (χ3v) is 3.11. The molecule has 0 amide bonds. The van der Waals surface area contributed by atoms with Crippen LogP contribution < -0.4 is 4.90 Å². The molecule has 1 aromatic heterocycles. The number of aromatic nitrogens is 2. The lowest BCUT2D eigenvalue weighted by Crippen LogP contribution is -2.27. The Hall–Kier alpha value is -0.480. The Labute approximate surface area is 107 Å². The molecule has 0 aliphatic heterocycles. The van der Waals surface area contributed by atoms with E-state index in [0.717, 1.165) is 30.4 Å². The fourth-order valence-electron chi connectivity index (χ4n) is 1.41. The van der Waals surface area contributed by atoms with Gasteiger partial charge in [-0.1, -0.05) is 13.3 Å². The van der Waals surface area contributed by atoms with Crippen LogP contribution in [-0.2, 0) is 0 Å². The lowest BCUT2D eigenvalue weighted by molar-refractivity contribution is 0.722. The molecule has 0 atom stereocenters. The molecule has 0 bridgehead atoms. The van der Waals surface area contributed by atoms with Crippen molar-refractivity contribution in [2.75, 3.05) is 30.1 Å². The molecule has 3 nitrogen and oxygen atoms in total. The van der Waals surface area contributed by atoms with Crippen molar-refractivity contribution < 1.29 is 0 Å². The molecule has 0 spiro atoms. The number of thioether (sulfide) groups is 1. The van der Waals surface area contributed by atoms with Gasteiger partial charge < -0.3 is 4.90 Å². The zero-order valence-corrected chi connectivity index (χ0v) is 11.4. The van der Waals surface area contributed by atoms with Gasteiger partial charge in [0.05, 0.1) is 0 Å². The maximum Gasteiger partial charge on any atom is 0.133 e. The average molecular weight is 260 g/mol. The highest BCUT2D eigenvalue weighted by molar-refractivity contribution is 7.98. The van der Waals surface area contributed by atoms with Gasteiger partial charge in [0.25, 0.3) is 0 Å². The fourth-order valence-corrected chi connectivity index (χ4v) is 1.99. The Morgan fingerprint density at radius 3 is 2.81 bits per heavy atom. The van der Waals surface area contributed by atoms with Gasteiger partial charge in [-0.15, -0.1) is 23.4 Å². The van der Waals surface area contributed by atoms with Gasteiger partial charge >= 0.3 is 0 Å². The summed E-state index contributed by atoms with van der Waals surface area (Å²) in [5.41, 5.74) is 0. The van der Waals surface area contributed by atoms with Gasteiger partial charge in [-0.2, -0.15) is 0 Å². The Morgan fingerprint density at radius 1 is 1.38 bits per heavy atom. The maximum absolute atomic E-state index is 5.81. The molecule has 1 rings (SSSR count). The smallest absolute Gasteiger partial charge is 0.133 e. The zero-order chi connectivity index (χ0) is 11.8. The van der Waals surface area contributed by atoms with Gasteiger partial charge in [-0.05, 0) is 12.7 Å². The zero-order valence-electron chi connectivity index (χ0n) is 9.82. The van der Waals surface area contributed by atoms with Gasteiger partial charge in [0, 0.05) is 25.0 Å². The van der Waals surface area contributed by atoms with Crippen LogP contribution in [0.2, 0.25) is 0 Å².